The van der Waals surface area contributed by atoms with Gasteiger partial charge in [0.1, 0.15) is 5.75 Å². The first-order chi connectivity index (χ1) is 11.3. The van der Waals surface area contributed by atoms with Crippen LogP contribution in [0.25, 0.3) is 0 Å². The van der Waals surface area contributed by atoms with E-state index in [-0.39, 0.29) is 0 Å². The van der Waals surface area contributed by atoms with Gasteiger partial charge in [-0.3, -0.25) is 0 Å². The van der Waals surface area contributed by atoms with Gasteiger partial charge in [0.15, 0.2) is 4.34 Å². The molecule has 1 aromatic carbocycles. The second kappa shape index (κ2) is 8.52. The van der Waals surface area contributed by atoms with E-state index in [1.807, 2.05) is 12.1 Å². The molecule has 0 spiro atoms. The number of methoxy groups -OCH3 is 1. The molecule has 1 aliphatic rings. The number of hydrogen-bond donors (Lipinski definition) is 1. The van der Waals surface area contributed by atoms with Gasteiger partial charge in [-0.15, -0.1) is 10.2 Å². The van der Waals surface area contributed by atoms with Crippen molar-refractivity contribution in [3.05, 3.63) is 29.8 Å². The van der Waals surface area contributed by atoms with Crippen LogP contribution in [0.3, 0.4) is 0 Å². The van der Waals surface area contributed by atoms with Crippen LogP contribution in [0.4, 0.5) is 5.13 Å². The Morgan fingerprint density at radius 3 is 2.96 bits per heavy atom. The van der Waals surface area contributed by atoms with Crippen LogP contribution < -0.4 is 10.1 Å². The van der Waals surface area contributed by atoms with Crippen molar-refractivity contribution >= 4 is 28.2 Å². The lowest BCUT2D eigenvalue weighted by molar-refractivity contribution is 0.120. The maximum atomic E-state index is 5.59. The first kappa shape index (κ1) is 16.5. The zero-order chi connectivity index (χ0) is 15.9. The predicted octanol–water partition coefficient (Wildman–Crippen LogP) is 3.47. The number of ether oxygens (including phenoxy) is 2. The van der Waals surface area contributed by atoms with Crippen LogP contribution in [-0.4, -0.2) is 42.3 Å². The lowest BCUT2D eigenvalue weighted by atomic mass is 10.2. The highest BCUT2D eigenvalue weighted by Gasteiger charge is 2.15. The Bertz CT molecular complexity index is 598. The van der Waals surface area contributed by atoms with Gasteiger partial charge in [0.05, 0.1) is 13.2 Å². The number of rotatable bonds is 8. The predicted molar refractivity (Wildman–Crippen MR) is 94.8 cm³/mol. The Hall–Kier alpha value is -1.31. The van der Waals surface area contributed by atoms with Crippen LogP contribution >= 0.6 is 23.1 Å². The number of aromatic nitrogens is 2. The van der Waals surface area contributed by atoms with Crippen LogP contribution in [0, 0.1) is 0 Å². The third-order valence-corrected chi connectivity index (χ3v) is 5.70. The number of thioether (sulfide) groups is 1. The van der Waals surface area contributed by atoms with Crippen molar-refractivity contribution in [3.8, 4) is 5.75 Å². The van der Waals surface area contributed by atoms with E-state index in [0.29, 0.717) is 6.10 Å². The summed E-state index contributed by atoms with van der Waals surface area (Å²) in [5.74, 6) is 1.89. The van der Waals surface area contributed by atoms with Crippen molar-refractivity contribution < 1.29 is 9.47 Å². The Balaban J connectivity index is 1.39. The molecular weight excluding hydrogens is 330 g/mol. The molecule has 1 aliphatic heterocycles. The van der Waals surface area contributed by atoms with E-state index >= 15 is 0 Å². The van der Waals surface area contributed by atoms with Crippen molar-refractivity contribution in [1.29, 1.82) is 0 Å². The van der Waals surface area contributed by atoms with E-state index in [9.17, 15) is 0 Å². The fourth-order valence-electron chi connectivity index (χ4n) is 2.39. The summed E-state index contributed by atoms with van der Waals surface area (Å²) >= 11 is 3.36. The van der Waals surface area contributed by atoms with Gasteiger partial charge in [0.2, 0.25) is 5.13 Å². The maximum Gasteiger partial charge on any atom is 0.206 e. The summed E-state index contributed by atoms with van der Waals surface area (Å²) in [4.78, 5) is 0. The van der Waals surface area contributed by atoms with Gasteiger partial charge < -0.3 is 14.8 Å². The fourth-order valence-corrected chi connectivity index (χ4v) is 4.21. The second-order valence-corrected chi connectivity index (χ2v) is 7.66. The largest absolute Gasteiger partial charge is 0.497 e. The van der Waals surface area contributed by atoms with E-state index in [1.165, 1.54) is 5.56 Å². The molecule has 3 rings (SSSR count). The first-order valence-electron chi connectivity index (χ1n) is 7.78. The summed E-state index contributed by atoms with van der Waals surface area (Å²) in [5, 5.41) is 12.6. The van der Waals surface area contributed by atoms with Crippen LogP contribution in [-0.2, 0) is 11.2 Å². The van der Waals surface area contributed by atoms with Crippen LogP contribution in [0.2, 0.25) is 0 Å². The van der Waals surface area contributed by atoms with Crippen LogP contribution in [0.5, 0.6) is 5.75 Å². The fraction of sp³-hybridized carbons (Fsp3) is 0.500. The third kappa shape index (κ3) is 5.09. The quantitative estimate of drug-likeness (QED) is 0.735. The van der Waals surface area contributed by atoms with E-state index < -0.39 is 0 Å². The van der Waals surface area contributed by atoms with Gasteiger partial charge in [-0.25, -0.2) is 0 Å². The maximum absolute atomic E-state index is 5.59. The lowest BCUT2D eigenvalue weighted by Crippen LogP contribution is -2.18. The van der Waals surface area contributed by atoms with Crippen molar-refractivity contribution in [3.63, 3.8) is 0 Å². The van der Waals surface area contributed by atoms with E-state index in [2.05, 4.69) is 27.6 Å². The number of nitrogens with zero attached hydrogens (tertiary/aromatic N) is 2. The molecule has 1 saturated heterocycles. The molecule has 0 radical (unpaired) electrons. The molecule has 5 nitrogen and oxygen atoms in total. The molecule has 1 atom stereocenters. The molecular formula is C16H21N3O2S2. The number of nitrogens with one attached hydrogen (secondary N) is 1. The van der Waals surface area contributed by atoms with Crippen LogP contribution in [0.15, 0.2) is 28.6 Å². The Morgan fingerprint density at radius 2 is 2.22 bits per heavy atom. The van der Waals surface area contributed by atoms with Crippen molar-refractivity contribution in [2.24, 2.45) is 0 Å². The standard InChI is InChI=1S/C16H21N3O2S2/c1-20-13-6-4-12(5-7-13)8-10-22-16-19-18-15(23-16)17-11-14-3-2-9-21-14/h4-7,14H,2-3,8-11H2,1H3,(H,17,18). The molecule has 1 fully saturated rings. The van der Waals surface area contributed by atoms with Gasteiger partial charge in [0.25, 0.3) is 0 Å². The number of aryl methyl sites for hydroxylation is 1. The molecule has 7 heteroatoms. The first-order valence-corrected chi connectivity index (χ1v) is 9.58. The van der Waals surface area contributed by atoms with Crippen molar-refractivity contribution in [2.75, 3.05) is 31.3 Å². The Morgan fingerprint density at radius 1 is 1.35 bits per heavy atom. The average molecular weight is 351 g/mol. The van der Waals surface area contributed by atoms with E-state index in [0.717, 1.165) is 53.4 Å². The summed E-state index contributed by atoms with van der Waals surface area (Å²) in [6.45, 7) is 1.71. The molecule has 0 aliphatic carbocycles. The SMILES string of the molecule is COc1ccc(CCSc2nnc(NCC3CCCO3)s2)cc1. The Labute approximate surface area is 144 Å². The third-order valence-electron chi connectivity index (χ3n) is 3.69. The number of anilines is 1. The summed E-state index contributed by atoms with van der Waals surface area (Å²) in [6.07, 6.45) is 3.63. The smallest absolute Gasteiger partial charge is 0.206 e. The molecule has 0 bridgehead atoms. The average Bonchev–Trinajstić information content (AvgIpc) is 3.25. The minimum atomic E-state index is 0.324. The minimum absolute atomic E-state index is 0.324. The minimum Gasteiger partial charge on any atom is -0.497 e. The second-order valence-electron chi connectivity index (χ2n) is 5.34. The summed E-state index contributed by atoms with van der Waals surface area (Å²) in [6, 6.07) is 8.21. The van der Waals surface area contributed by atoms with Gasteiger partial charge in [0, 0.05) is 18.9 Å². The molecule has 124 valence electrons. The summed E-state index contributed by atoms with van der Waals surface area (Å²) in [7, 11) is 1.69. The van der Waals surface area contributed by atoms with Gasteiger partial charge in [-0.05, 0) is 37.0 Å². The van der Waals surface area contributed by atoms with E-state index in [1.54, 1.807) is 30.2 Å². The highest BCUT2D eigenvalue weighted by Crippen LogP contribution is 2.26. The van der Waals surface area contributed by atoms with Crippen LogP contribution in [0.1, 0.15) is 18.4 Å². The molecule has 0 amide bonds. The van der Waals surface area contributed by atoms with E-state index in [4.69, 9.17) is 9.47 Å². The molecule has 1 unspecified atom stereocenters. The highest BCUT2D eigenvalue weighted by molar-refractivity contribution is 8.01. The lowest BCUT2D eigenvalue weighted by Gasteiger charge is -2.08. The number of benzene rings is 1. The summed E-state index contributed by atoms with van der Waals surface area (Å²) < 4.78 is 11.8. The zero-order valence-corrected chi connectivity index (χ0v) is 14.8. The van der Waals surface area contributed by atoms with Crippen molar-refractivity contribution in [1.82, 2.24) is 10.2 Å². The molecule has 1 aromatic heterocycles. The Kier molecular flexibility index (Phi) is 6.13. The summed E-state index contributed by atoms with van der Waals surface area (Å²) in [5.41, 5.74) is 1.31. The topological polar surface area (TPSA) is 56.3 Å². The van der Waals surface area contributed by atoms with Gasteiger partial charge in [-0.2, -0.15) is 0 Å². The normalized spacial score (nSPS) is 17.3. The molecule has 23 heavy (non-hydrogen) atoms. The number of hydrogen-bond acceptors (Lipinski definition) is 7. The monoisotopic (exact) mass is 351 g/mol. The molecule has 2 heterocycles. The van der Waals surface area contributed by atoms with Crippen molar-refractivity contribution in [2.45, 2.75) is 29.7 Å². The van der Waals surface area contributed by atoms with Gasteiger partial charge >= 0.3 is 0 Å². The zero-order valence-electron chi connectivity index (χ0n) is 13.2. The molecule has 2 aromatic rings. The molecule has 0 saturated carbocycles. The molecule has 1 N–H and O–H groups in total. The van der Waals surface area contributed by atoms with Gasteiger partial charge in [-0.1, -0.05) is 35.2 Å². The highest BCUT2D eigenvalue weighted by atomic mass is 32.2.